The summed E-state index contributed by atoms with van der Waals surface area (Å²) in [6.45, 7) is 9.27. The standard InChI is InChI=1S/C14H20N2/c1-11-5-12(2)7-13(6-11)16-9-14(10-16)3-4-15-8-14/h5-7,15H,3-4,8-10H2,1-2H3. The Bertz CT molecular complexity index is 377. The van der Waals surface area contributed by atoms with Gasteiger partial charge in [0.15, 0.2) is 0 Å². The van der Waals surface area contributed by atoms with Crippen LogP contribution in [0.2, 0.25) is 0 Å². The van der Waals surface area contributed by atoms with Crippen LogP contribution in [0.5, 0.6) is 0 Å². The summed E-state index contributed by atoms with van der Waals surface area (Å²) >= 11 is 0. The topological polar surface area (TPSA) is 15.3 Å². The Hall–Kier alpha value is -1.02. The maximum Gasteiger partial charge on any atom is 0.0371 e. The molecule has 1 aromatic rings. The predicted octanol–water partition coefficient (Wildman–Crippen LogP) is 2.10. The number of benzene rings is 1. The maximum absolute atomic E-state index is 3.48. The second-order valence-electron chi connectivity index (χ2n) is 5.63. The first-order valence-electron chi connectivity index (χ1n) is 6.21. The van der Waals surface area contributed by atoms with Crippen molar-refractivity contribution in [1.82, 2.24) is 5.32 Å². The molecular formula is C14H20N2. The first-order chi connectivity index (χ1) is 7.67. The van der Waals surface area contributed by atoms with Crippen molar-refractivity contribution in [2.45, 2.75) is 20.3 Å². The van der Waals surface area contributed by atoms with Gasteiger partial charge in [0.25, 0.3) is 0 Å². The number of anilines is 1. The fraction of sp³-hybridized carbons (Fsp3) is 0.571. The van der Waals surface area contributed by atoms with Crippen molar-refractivity contribution >= 4 is 5.69 Å². The largest absolute Gasteiger partial charge is 0.370 e. The fourth-order valence-electron chi connectivity index (χ4n) is 3.14. The van der Waals surface area contributed by atoms with Gasteiger partial charge in [-0.2, -0.15) is 0 Å². The summed E-state index contributed by atoms with van der Waals surface area (Å²) in [7, 11) is 0. The summed E-state index contributed by atoms with van der Waals surface area (Å²) in [5.74, 6) is 0. The molecule has 0 radical (unpaired) electrons. The smallest absolute Gasteiger partial charge is 0.0371 e. The molecule has 0 unspecified atom stereocenters. The Balaban J connectivity index is 1.75. The van der Waals surface area contributed by atoms with Crippen LogP contribution in [0.25, 0.3) is 0 Å². The Morgan fingerprint density at radius 3 is 2.38 bits per heavy atom. The van der Waals surface area contributed by atoms with Gasteiger partial charge in [0.05, 0.1) is 0 Å². The minimum absolute atomic E-state index is 0.595. The van der Waals surface area contributed by atoms with E-state index in [0.29, 0.717) is 5.41 Å². The van der Waals surface area contributed by atoms with E-state index < -0.39 is 0 Å². The van der Waals surface area contributed by atoms with Crippen LogP contribution in [0.3, 0.4) is 0 Å². The number of hydrogen-bond acceptors (Lipinski definition) is 2. The van der Waals surface area contributed by atoms with Crippen LogP contribution < -0.4 is 10.2 Å². The first kappa shape index (κ1) is 10.2. The molecule has 2 heteroatoms. The van der Waals surface area contributed by atoms with E-state index in [-0.39, 0.29) is 0 Å². The third kappa shape index (κ3) is 1.61. The maximum atomic E-state index is 3.48. The second kappa shape index (κ2) is 3.49. The van der Waals surface area contributed by atoms with Crippen molar-refractivity contribution in [1.29, 1.82) is 0 Å². The molecule has 86 valence electrons. The monoisotopic (exact) mass is 216 g/mol. The van der Waals surface area contributed by atoms with E-state index in [1.807, 2.05) is 0 Å². The van der Waals surface area contributed by atoms with Gasteiger partial charge in [0.2, 0.25) is 0 Å². The lowest BCUT2D eigenvalue weighted by Crippen LogP contribution is -2.57. The molecule has 1 spiro atoms. The van der Waals surface area contributed by atoms with Crippen molar-refractivity contribution in [2.75, 3.05) is 31.1 Å². The SMILES string of the molecule is Cc1cc(C)cc(N2CC3(CCNC3)C2)c1. The Kier molecular flexibility index (Phi) is 2.21. The van der Waals surface area contributed by atoms with Gasteiger partial charge < -0.3 is 10.2 Å². The molecule has 2 aliphatic rings. The number of rotatable bonds is 1. The van der Waals surface area contributed by atoms with Gasteiger partial charge in [-0.05, 0) is 50.1 Å². The molecule has 0 aromatic heterocycles. The Morgan fingerprint density at radius 1 is 1.12 bits per heavy atom. The molecule has 2 aliphatic heterocycles. The molecule has 2 saturated heterocycles. The quantitative estimate of drug-likeness (QED) is 0.773. The molecule has 2 fully saturated rings. The van der Waals surface area contributed by atoms with E-state index in [1.54, 1.807) is 0 Å². The molecule has 0 bridgehead atoms. The van der Waals surface area contributed by atoms with Crippen LogP contribution in [0.15, 0.2) is 18.2 Å². The zero-order valence-corrected chi connectivity index (χ0v) is 10.2. The summed E-state index contributed by atoms with van der Waals surface area (Å²) in [6.07, 6.45) is 1.36. The van der Waals surface area contributed by atoms with Crippen LogP contribution in [0.1, 0.15) is 17.5 Å². The van der Waals surface area contributed by atoms with E-state index in [4.69, 9.17) is 0 Å². The highest BCUT2D eigenvalue weighted by Gasteiger charge is 2.44. The zero-order valence-electron chi connectivity index (χ0n) is 10.2. The lowest BCUT2D eigenvalue weighted by Gasteiger charge is -2.49. The van der Waals surface area contributed by atoms with Gasteiger partial charge in [-0.15, -0.1) is 0 Å². The van der Waals surface area contributed by atoms with Crippen LogP contribution in [0.4, 0.5) is 5.69 Å². The van der Waals surface area contributed by atoms with E-state index in [9.17, 15) is 0 Å². The van der Waals surface area contributed by atoms with Gasteiger partial charge in [0, 0.05) is 30.7 Å². The van der Waals surface area contributed by atoms with E-state index >= 15 is 0 Å². The number of aryl methyl sites for hydroxylation is 2. The lowest BCUT2D eigenvalue weighted by atomic mass is 9.78. The van der Waals surface area contributed by atoms with Crippen molar-refractivity contribution < 1.29 is 0 Å². The highest BCUT2D eigenvalue weighted by Crippen LogP contribution is 2.39. The van der Waals surface area contributed by atoms with Crippen LogP contribution in [-0.4, -0.2) is 26.2 Å². The van der Waals surface area contributed by atoms with Crippen LogP contribution >= 0.6 is 0 Å². The lowest BCUT2D eigenvalue weighted by molar-refractivity contribution is 0.243. The van der Waals surface area contributed by atoms with Crippen molar-refractivity contribution in [3.63, 3.8) is 0 Å². The van der Waals surface area contributed by atoms with Gasteiger partial charge in [-0.1, -0.05) is 6.07 Å². The normalized spacial score (nSPS) is 22.5. The molecule has 0 amide bonds. The Labute approximate surface area is 97.6 Å². The summed E-state index contributed by atoms with van der Waals surface area (Å²) in [4.78, 5) is 2.52. The van der Waals surface area contributed by atoms with Crippen LogP contribution in [-0.2, 0) is 0 Å². The average Bonchev–Trinajstić information content (AvgIpc) is 2.61. The summed E-state index contributed by atoms with van der Waals surface area (Å²) < 4.78 is 0. The van der Waals surface area contributed by atoms with Gasteiger partial charge >= 0.3 is 0 Å². The molecule has 1 aromatic carbocycles. The fourth-order valence-corrected chi connectivity index (χ4v) is 3.14. The van der Waals surface area contributed by atoms with E-state index in [1.165, 1.54) is 49.4 Å². The van der Waals surface area contributed by atoms with E-state index in [0.717, 1.165) is 0 Å². The van der Waals surface area contributed by atoms with Crippen molar-refractivity contribution in [3.8, 4) is 0 Å². The highest BCUT2D eigenvalue weighted by molar-refractivity contribution is 5.53. The van der Waals surface area contributed by atoms with Gasteiger partial charge in [-0.25, -0.2) is 0 Å². The molecule has 16 heavy (non-hydrogen) atoms. The third-order valence-corrected chi connectivity index (χ3v) is 3.96. The van der Waals surface area contributed by atoms with Gasteiger partial charge in [-0.3, -0.25) is 0 Å². The number of hydrogen-bond donors (Lipinski definition) is 1. The number of nitrogens with zero attached hydrogens (tertiary/aromatic N) is 1. The predicted molar refractivity (Wildman–Crippen MR) is 68.0 cm³/mol. The minimum atomic E-state index is 0.595. The molecule has 1 N–H and O–H groups in total. The Morgan fingerprint density at radius 2 is 1.81 bits per heavy atom. The highest BCUT2D eigenvalue weighted by atomic mass is 15.2. The van der Waals surface area contributed by atoms with E-state index in [2.05, 4.69) is 42.3 Å². The molecular weight excluding hydrogens is 196 g/mol. The minimum Gasteiger partial charge on any atom is -0.370 e. The summed E-state index contributed by atoms with van der Waals surface area (Å²) in [5.41, 5.74) is 4.76. The number of nitrogens with one attached hydrogen (secondary N) is 1. The first-order valence-corrected chi connectivity index (χ1v) is 6.21. The molecule has 0 saturated carbocycles. The average molecular weight is 216 g/mol. The van der Waals surface area contributed by atoms with Crippen molar-refractivity contribution in [2.24, 2.45) is 5.41 Å². The van der Waals surface area contributed by atoms with Crippen molar-refractivity contribution in [3.05, 3.63) is 29.3 Å². The summed E-state index contributed by atoms with van der Waals surface area (Å²) in [5, 5.41) is 3.48. The zero-order chi connectivity index (χ0) is 11.2. The molecule has 0 atom stereocenters. The molecule has 2 nitrogen and oxygen atoms in total. The summed E-state index contributed by atoms with van der Waals surface area (Å²) in [6, 6.07) is 6.86. The molecule has 3 rings (SSSR count). The molecule has 2 heterocycles. The third-order valence-electron chi connectivity index (χ3n) is 3.96. The molecule has 0 aliphatic carbocycles. The van der Waals surface area contributed by atoms with Gasteiger partial charge in [0.1, 0.15) is 0 Å². The van der Waals surface area contributed by atoms with Crippen LogP contribution in [0, 0.1) is 19.3 Å². The second-order valence-corrected chi connectivity index (χ2v) is 5.63.